The summed E-state index contributed by atoms with van der Waals surface area (Å²) in [5.74, 6) is 2.86. The van der Waals surface area contributed by atoms with Gasteiger partial charge in [0, 0.05) is 0 Å². The molecule has 3 aromatic rings. The van der Waals surface area contributed by atoms with E-state index in [1.54, 1.807) is 0 Å². The van der Waals surface area contributed by atoms with Crippen molar-refractivity contribution >= 4 is 59.0 Å². The summed E-state index contributed by atoms with van der Waals surface area (Å²) in [5.41, 5.74) is 4.51. The molecular formula is C23H21B2IO4. The van der Waals surface area contributed by atoms with Crippen molar-refractivity contribution in [1.29, 1.82) is 0 Å². The third-order valence-electron chi connectivity index (χ3n) is 5.05. The second-order valence-corrected chi connectivity index (χ2v) is 7.67. The molecule has 150 valence electrons. The van der Waals surface area contributed by atoms with Crippen LogP contribution in [0.5, 0.6) is 11.4 Å². The van der Waals surface area contributed by atoms with Crippen LogP contribution >= 0.6 is 22.6 Å². The zero-order valence-corrected chi connectivity index (χ0v) is 18.7. The summed E-state index contributed by atoms with van der Waals surface area (Å²) >= 11 is 1.96. The van der Waals surface area contributed by atoms with Crippen molar-refractivity contribution in [1.82, 2.24) is 0 Å². The molecule has 7 heteroatoms. The molecule has 0 bridgehead atoms. The number of ether oxygens (including phenoxy) is 1. The molecule has 0 amide bonds. The predicted molar refractivity (Wildman–Crippen MR) is 131 cm³/mol. The molecule has 1 atom stereocenters. The molecule has 2 heterocycles. The molecule has 30 heavy (non-hydrogen) atoms. The number of rotatable bonds is 4. The van der Waals surface area contributed by atoms with Gasteiger partial charge in [0.2, 0.25) is 0 Å². The molecule has 1 aliphatic heterocycles. The summed E-state index contributed by atoms with van der Waals surface area (Å²) in [5, 5.41) is 0. The van der Waals surface area contributed by atoms with Crippen LogP contribution in [0, 0.1) is 0 Å². The van der Waals surface area contributed by atoms with E-state index in [2.05, 4.69) is 30.2 Å². The molecule has 0 saturated carbocycles. The number of fused-ring (bicyclic) bond motifs is 1. The standard InChI is InChI=1S/C21H17B2IO2.2CH2O/c24-21(25)20-18-9-5-4-6-15(18)12-13-23(20)16-10-11-19(22-14-16)26-17-7-2-1-3-8-17;2*1-2/h1-11,14,20H,12-13H2;2*1H2. The van der Waals surface area contributed by atoms with Crippen LogP contribution in [0.3, 0.4) is 0 Å². The van der Waals surface area contributed by atoms with E-state index in [-0.39, 0.29) is 16.3 Å². The minimum atomic E-state index is -0.0681. The Hall–Kier alpha value is -2.54. The Bertz CT molecular complexity index is 949. The van der Waals surface area contributed by atoms with Gasteiger partial charge in [0.15, 0.2) is 0 Å². The molecule has 0 radical (unpaired) electrons. The second-order valence-electron chi connectivity index (χ2n) is 6.61. The first-order valence-electron chi connectivity index (χ1n) is 9.40. The van der Waals surface area contributed by atoms with E-state index in [0.717, 1.165) is 24.1 Å². The monoisotopic (exact) mass is 510 g/mol. The van der Waals surface area contributed by atoms with Gasteiger partial charge in [0.05, 0.1) is 0 Å². The summed E-state index contributed by atoms with van der Waals surface area (Å²) < 4.78 is 6.10. The number of carbonyl (C=O) groups excluding carboxylic acids is 3. The van der Waals surface area contributed by atoms with Gasteiger partial charge in [-0.15, -0.1) is 0 Å². The van der Waals surface area contributed by atoms with Crippen LogP contribution in [0.2, 0.25) is 6.32 Å². The number of aryl methyl sites for hydroxylation is 1. The van der Waals surface area contributed by atoms with E-state index >= 15 is 0 Å². The summed E-state index contributed by atoms with van der Waals surface area (Å²) in [7, 11) is 0. The van der Waals surface area contributed by atoms with Gasteiger partial charge in [0.1, 0.15) is 13.6 Å². The van der Waals surface area contributed by atoms with E-state index in [0.29, 0.717) is 0 Å². The first kappa shape index (κ1) is 23.7. The van der Waals surface area contributed by atoms with E-state index in [1.807, 2.05) is 85.5 Å². The molecule has 4 nitrogen and oxygen atoms in total. The first-order valence-corrected chi connectivity index (χ1v) is 10.5. The van der Waals surface area contributed by atoms with Crippen molar-refractivity contribution in [3.63, 3.8) is 0 Å². The minimum absolute atomic E-state index is 0.0681. The van der Waals surface area contributed by atoms with Crippen molar-refractivity contribution in [2.75, 3.05) is 0 Å². The van der Waals surface area contributed by atoms with Gasteiger partial charge < -0.3 is 9.59 Å². The number of hydrogen-bond acceptors (Lipinski definition) is 4. The first-order chi connectivity index (χ1) is 14.7. The van der Waals surface area contributed by atoms with Gasteiger partial charge in [-0.2, -0.15) is 0 Å². The van der Waals surface area contributed by atoms with E-state index in [4.69, 9.17) is 14.3 Å². The fourth-order valence-corrected chi connectivity index (χ4v) is 4.58. The van der Waals surface area contributed by atoms with Crippen LogP contribution in [-0.2, 0) is 20.8 Å². The second kappa shape index (κ2) is 12.2. The molecule has 0 saturated heterocycles. The van der Waals surface area contributed by atoms with Gasteiger partial charge in [-0.25, -0.2) is 0 Å². The summed E-state index contributed by atoms with van der Waals surface area (Å²) in [6.45, 7) is 6.22. The zero-order chi connectivity index (χ0) is 21.9. The average Bonchev–Trinajstić information content (AvgIpc) is 2.82. The Kier molecular flexibility index (Phi) is 9.67. The van der Waals surface area contributed by atoms with Crippen LogP contribution in [-0.4, -0.2) is 31.0 Å². The van der Waals surface area contributed by atoms with Crippen LogP contribution in [0.4, 0.5) is 0 Å². The molecule has 1 unspecified atom stereocenters. The molecule has 0 fully saturated rings. The number of benzene rings is 2. The van der Waals surface area contributed by atoms with Crippen molar-refractivity contribution in [2.24, 2.45) is 0 Å². The predicted octanol–water partition coefficient (Wildman–Crippen LogP) is 3.99. The zero-order valence-electron chi connectivity index (χ0n) is 16.5. The maximum absolute atomic E-state index is 12.4. The van der Waals surface area contributed by atoms with Crippen LogP contribution in [0.15, 0.2) is 72.7 Å². The summed E-state index contributed by atoms with van der Waals surface area (Å²) in [6, 6.07) is 22.2. The van der Waals surface area contributed by atoms with Crippen molar-refractivity contribution in [3.8, 4) is 11.4 Å². The quantitative estimate of drug-likeness (QED) is 0.303. The molecule has 1 aliphatic rings. The van der Waals surface area contributed by atoms with E-state index in [9.17, 15) is 4.79 Å². The van der Waals surface area contributed by atoms with E-state index < -0.39 is 0 Å². The number of para-hydroxylation sites is 1. The van der Waals surface area contributed by atoms with Gasteiger partial charge in [0.25, 0.3) is 0 Å². The average molecular weight is 510 g/mol. The summed E-state index contributed by atoms with van der Waals surface area (Å²) in [6.07, 6.45) is 2.01. The van der Waals surface area contributed by atoms with Gasteiger partial charge >= 0.3 is 169 Å². The molecule has 0 aliphatic carbocycles. The topological polar surface area (TPSA) is 60.4 Å². The Morgan fingerprint density at radius 3 is 2.27 bits per heavy atom. The molecule has 4 rings (SSSR count). The third kappa shape index (κ3) is 5.75. The molecular weight excluding hydrogens is 489 g/mol. The Labute approximate surface area is 191 Å². The molecule has 0 spiro atoms. The normalized spacial score (nSPS) is 14.0. The Morgan fingerprint density at radius 1 is 0.967 bits per heavy atom. The SMILES string of the molecule is C=O.C=O.O=C(I)C1B(c2cbc(Oc3ccccc3)cc2)CCc2ccccc21. The van der Waals surface area contributed by atoms with Gasteiger partial charge in [-0.05, 0) is 0 Å². The van der Waals surface area contributed by atoms with Crippen LogP contribution in [0.25, 0.3) is 0 Å². The van der Waals surface area contributed by atoms with E-state index in [1.165, 1.54) is 16.6 Å². The Balaban J connectivity index is 0.000000757. The molecule has 2 aromatic carbocycles. The summed E-state index contributed by atoms with van der Waals surface area (Å²) in [4.78, 5) is 28.4. The van der Waals surface area contributed by atoms with Crippen LogP contribution in [0.1, 0.15) is 16.9 Å². The fraction of sp³-hybridized carbons (Fsp3) is 0.130. The maximum atomic E-state index is 12.4. The van der Waals surface area contributed by atoms with Gasteiger partial charge in [-0.1, -0.05) is 0 Å². The Morgan fingerprint density at radius 2 is 1.63 bits per heavy atom. The fourth-order valence-electron chi connectivity index (χ4n) is 3.81. The van der Waals surface area contributed by atoms with Crippen molar-refractivity contribution in [2.45, 2.75) is 18.6 Å². The number of halogens is 1. The number of hydrogen-bond donors (Lipinski definition) is 0. The molecule has 1 aromatic heterocycles. The van der Waals surface area contributed by atoms with Crippen molar-refractivity contribution in [3.05, 3.63) is 83.8 Å². The molecule has 0 N–H and O–H groups in total. The third-order valence-corrected chi connectivity index (χ3v) is 5.72. The van der Waals surface area contributed by atoms with Crippen LogP contribution < -0.4 is 10.2 Å². The number of carbonyl (C=O) groups is 3. The van der Waals surface area contributed by atoms with Gasteiger partial charge in [-0.3, -0.25) is 0 Å². The van der Waals surface area contributed by atoms with Crippen molar-refractivity contribution < 1.29 is 19.1 Å².